The molecule has 1 unspecified atom stereocenters. The molecule has 1 atom stereocenters. The number of aliphatic hydroxyl groups excluding tert-OH is 1. The van der Waals surface area contributed by atoms with Gasteiger partial charge in [0.2, 0.25) is 0 Å². The predicted molar refractivity (Wildman–Crippen MR) is 112 cm³/mol. The van der Waals surface area contributed by atoms with Crippen LogP contribution in [0.4, 0.5) is 0 Å². The lowest BCUT2D eigenvalue weighted by molar-refractivity contribution is -0.129. The second-order valence-electron chi connectivity index (χ2n) is 9.36. The van der Waals surface area contributed by atoms with Crippen molar-refractivity contribution in [1.82, 2.24) is 9.80 Å². The molecule has 0 fully saturated rings. The third-order valence-electron chi connectivity index (χ3n) is 5.08. The lowest BCUT2D eigenvalue weighted by Gasteiger charge is -2.29. The third-order valence-corrected chi connectivity index (χ3v) is 5.08. The van der Waals surface area contributed by atoms with Gasteiger partial charge in [0.25, 0.3) is 5.91 Å². The van der Waals surface area contributed by atoms with Crippen molar-refractivity contribution in [3.8, 4) is 0 Å². The number of hydrogen-bond acceptors (Lipinski definition) is 4. The number of carbonyl (C=O) groups excluding carboxylic acids is 2. The van der Waals surface area contributed by atoms with E-state index in [4.69, 9.17) is 0 Å². The molecule has 1 amide bonds. The van der Waals surface area contributed by atoms with Gasteiger partial charge >= 0.3 is 0 Å². The maximum Gasteiger partial charge on any atom is 0.290 e. The molecule has 0 radical (unpaired) electrons. The number of hydrogen-bond donors (Lipinski definition) is 1. The van der Waals surface area contributed by atoms with Gasteiger partial charge in [0.15, 0.2) is 11.5 Å². The van der Waals surface area contributed by atoms with Gasteiger partial charge < -0.3 is 14.9 Å². The predicted octanol–water partition coefficient (Wildman–Crippen LogP) is 3.86. The molecule has 1 aliphatic heterocycles. The van der Waals surface area contributed by atoms with Crippen LogP contribution in [0.25, 0.3) is 0 Å². The zero-order valence-electron chi connectivity index (χ0n) is 18.2. The molecule has 1 aromatic rings. The van der Waals surface area contributed by atoms with Gasteiger partial charge in [-0.2, -0.15) is 0 Å². The number of benzene rings is 1. The molecular weight excluding hydrogens is 352 g/mol. The Morgan fingerprint density at radius 1 is 1.18 bits per heavy atom. The second-order valence-corrected chi connectivity index (χ2v) is 9.36. The Kier molecular flexibility index (Phi) is 6.71. The largest absolute Gasteiger partial charge is 0.503 e. The Morgan fingerprint density at radius 2 is 1.75 bits per heavy atom. The lowest BCUT2D eigenvalue weighted by Crippen LogP contribution is -2.36. The quantitative estimate of drug-likeness (QED) is 0.773. The summed E-state index contributed by atoms with van der Waals surface area (Å²) >= 11 is 0. The van der Waals surface area contributed by atoms with E-state index >= 15 is 0 Å². The molecule has 0 spiro atoms. The fraction of sp³-hybridized carbons (Fsp3) is 0.565. The zero-order chi connectivity index (χ0) is 21.2. The van der Waals surface area contributed by atoms with Gasteiger partial charge in [0, 0.05) is 19.5 Å². The Labute approximate surface area is 169 Å². The molecule has 0 aromatic heterocycles. The van der Waals surface area contributed by atoms with Gasteiger partial charge in [-0.25, -0.2) is 0 Å². The highest BCUT2D eigenvalue weighted by molar-refractivity contribution is 6.09. The SMILES string of the molecule is CC(C)CC(=O)C1=C(O)C(=O)N(CCN(C)C)C1c1ccc(C(C)(C)C)cc1. The minimum Gasteiger partial charge on any atom is -0.503 e. The summed E-state index contributed by atoms with van der Waals surface area (Å²) < 4.78 is 0. The fourth-order valence-corrected chi connectivity index (χ4v) is 3.47. The Balaban J connectivity index is 2.47. The molecule has 1 heterocycles. The summed E-state index contributed by atoms with van der Waals surface area (Å²) in [6.07, 6.45) is 0.310. The maximum atomic E-state index is 12.9. The molecule has 1 aromatic carbocycles. The number of carbonyl (C=O) groups is 2. The Morgan fingerprint density at radius 3 is 2.21 bits per heavy atom. The first kappa shape index (κ1) is 22.2. The minimum atomic E-state index is -0.535. The van der Waals surface area contributed by atoms with E-state index in [1.165, 1.54) is 5.56 Å². The standard InChI is InChI=1S/C23H34N2O3/c1-15(2)14-18(26)19-20(16-8-10-17(11-9-16)23(3,4)5)25(13-12-24(6)7)22(28)21(19)27/h8-11,15,20,27H,12-14H2,1-7H3. The third kappa shape index (κ3) is 4.82. The van der Waals surface area contributed by atoms with Gasteiger partial charge in [-0.15, -0.1) is 0 Å². The summed E-state index contributed by atoms with van der Waals surface area (Å²) in [5.74, 6) is -0.853. The van der Waals surface area contributed by atoms with Gasteiger partial charge in [-0.3, -0.25) is 9.59 Å². The topological polar surface area (TPSA) is 60.9 Å². The van der Waals surface area contributed by atoms with Crippen LogP contribution in [0.15, 0.2) is 35.6 Å². The highest BCUT2D eigenvalue weighted by Crippen LogP contribution is 2.39. The van der Waals surface area contributed by atoms with Crippen LogP contribution in [0.1, 0.15) is 58.2 Å². The van der Waals surface area contributed by atoms with Crippen molar-refractivity contribution in [2.45, 2.75) is 52.5 Å². The fourth-order valence-electron chi connectivity index (χ4n) is 3.47. The van der Waals surface area contributed by atoms with Crippen LogP contribution in [0, 0.1) is 5.92 Å². The van der Waals surface area contributed by atoms with Crippen LogP contribution < -0.4 is 0 Å². The average molecular weight is 387 g/mol. The van der Waals surface area contributed by atoms with Crippen molar-refractivity contribution in [2.75, 3.05) is 27.2 Å². The van der Waals surface area contributed by atoms with Crippen molar-refractivity contribution >= 4 is 11.7 Å². The summed E-state index contributed by atoms with van der Waals surface area (Å²) in [5.41, 5.74) is 2.30. The zero-order valence-corrected chi connectivity index (χ0v) is 18.2. The summed E-state index contributed by atoms with van der Waals surface area (Å²) in [6, 6.07) is 7.51. The molecule has 0 bridgehead atoms. The van der Waals surface area contributed by atoms with E-state index in [1.54, 1.807) is 4.90 Å². The molecule has 1 aliphatic rings. The molecule has 0 saturated carbocycles. The van der Waals surface area contributed by atoms with Gasteiger partial charge in [0.05, 0.1) is 11.6 Å². The van der Waals surface area contributed by atoms with E-state index in [9.17, 15) is 14.7 Å². The number of amides is 1. The molecule has 0 saturated heterocycles. The summed E-state index contributed by atoms with van der Waals surface area (Å²) in [7, 11) is 3.87. The highest BCUT2D eigenvalue weighted by Gasteiger charge is 2.43. The summed E-state index contributed by atoms with van der Waals surface area (Å²) in [4.78, 5) is 29.3. The van der Waals surface area contributed by atoms with Crippen LogP contribution in [0.2, 0.25) is 0 Å². The molecule has 2 rings (SSSR count). The number of rotatable bonds is 7. The molecule has 1 N–H and O–H groups in total. The Hall–Kier alpha value is -2.14. The van der Waals surface area contributed by atoms with E-state index in [1.807, 2.05) is 57.1 Å². The van der Waals surface area contributed by atoms with Crippen molar-refractivity contribution in [1.29, 1.82) is 0 Å². The Bertz CT molecular complexity index is 755. The minimum absolute atomic E-state index is 0.0168. The normalized spacial score (nSPS) is 18.0. The molecule has 154 valence electrons. The lowest BCUT2D eigenvalue weighted by atomic mass is 9.85. The van der Waals surface area contributed by atoms with E-state index in [2.05, 4.69) is 20.8 Å². The second kappa shape index (κ2) is 8.48. The first-order chi connectivity index (χ1) is 12.9. The number of likely N-dealkylation sites (N-methyl/N-ethyl adjacent to an activating group) is 1. The van der Waals surface area contributed by atoms with Gasteiger partial charge in [-0.05, 0) is 36.6 Å². The smallest absolute Gasteiger partial charge is 0.290 e. The van der Waals surface area contributed by atoms with E-state index < -0.39 is 17.7 Å². The van der Waals surface area contributed by atoms with Crippen LogP contribution in [-0.2, 0) is 15.0 Å². The van der Waals surface area contributed by atoms with Crippen molar-refractivity contribution in [3.05, 3.63) is 46.7 Å². The van der Waals surface area contributed by atoms with E-state index in [0.717, 1.165) is 5.56 Å². The summed E-state index contributed by atoms with van der Waals surface area (Å²) in [5, 5.41) is 10.5. The molecule has 28 heavy (non-hydrogen) atoms. The summed E-state index contributed by atoms with van der Waals surface area (Å²) in [6.45, 7) is 11.5. The monoisotopic (exact) mass is 386 g/mol. The molecular formula is C23H34N2O3. The maximum absolute atomic E-state index is 12.9. The first-order valence-electron chi connectivity index (χ1n) is 9.96. The number of aliphatic hydroxyl groups is 1. The number of nitrogens with zero attached hydrogens (tertiary/aromatic N) is 2. The van der Waals surface area contributed by atoms with E-state index in [-0.39, 0.29) is 22.7 Å². The van der Waals surface area contributed by atoms with Crippen LogP contribution >= 0.6 is 0 Å². The van der Waals surface area contributed by atoms with Crippen molar-refractivity contribution in [3.63, 3.8) is 0 Å². The van der Waals surface area contributed by atoms with Gasteiger partial charge in [-0.1, -0.05) is 58.9 Å². The molecule has 5 heteroatoms. The van der Waals surface area contributed by atoms with E-state index in [0.29, 0.717) is 19.5 Å². The number of ketones is 1. The van der Waals surface area contributed by atoms with Crippen molar-refractivity contribution < 1.29 is 14.7 Å². The van der Waals surface area contributed by atoms with Crippen molar-refractivity contribution in [2.24, 2.45) is 5.92 Å². The molecule has 0 aliphatic carbocycles. The van der Waals surface area contributed by atoms with Gasteiger partial charge in [0.1, 0.15) is 0 Å². The van der Waals surface area contributed by atoms with Crippen LogP contribution in [0.5, 0.6) is 0 Å². The molecule has 5 nitrogen and oxygen atoms in total. The number of Topliss-reactive ketones (excluding diaryl/α,β-unsaturated/α-hetero) is 1. The van der Waals surface area contributed by atoms with Crippen LogP contribution in [0.3, 0.4) is 0 Å². The average Bonchev–Trinajstić information content (AvgIpc) is 2.83. The highest BCUT2D eigenvalue weighted by atomic mass is 16.3. The van der Waals surface area contributed by atoms with Crippen LogP contribution in [-0.4, -0.2) is 53.8 Å². The first-order valence-corrected chi connectivity index (χ1v) is 9.96.